The lowest BCUT2D eigenvalue weighted by Gasteiger charge is -2.09. The van der Waals surface area contributed by atoms with Crippen LogP contribution in [0.3, 0.4) is 0 Å². The predicted octanol–water partition coefficient (Wildman–Crippen LogP) is 6.22. The lowest BCUT2D eigenvalue weighted by molar-refractivity contribution is 0.393. The van der Waals surface area contributed by atoms with Gasteiger partial charge in [0, 0.05) is 8.95 Å². The van der Waals surface area contributed by atoms with Gasteiger partial charge < -0.3 is 8.37 Å². The van der Waals surface area contributed by atoms with Crippen LogP contribution in [0, 0.1) is 0 Å². The van der Waals surface area contributed by atoms with E-state index < -0.39 is 10.4 Å². The van der Waals surface area contributed by atoms with Crippen molar-refractivity contribution in [1.29, 1.82) is 0 Å². The molecular weight excluding hydrogens is 496 g/mol. The SMILES string of the molecule is O=S(=O)(Oc1ccc2cc(Br)ccc2c1)Oc1ccc2cc(Br)ccc2c1. The molecule has 27 heavy (non-hydrogen) atoms. The zero-order valence-electron chi connectivity index (χ0n) is 13.7. The van der Waals surface area contributed by atoms with Crippen molar-refractivity contribution in [3.8, 4) is 11.5 Å². The summed E-state index contributed by atoms with van der Waals surface area (Å²) >= 11 is 6.82. The summed E-state index contributed by atoms with van der Waals surface area (Å²) < 4.78 is 36.7. The molecule has 4 nitrogen and oxygen atoms in total. The maximum atomic E-state index is 12.3. The first-order valence-electron chi connectivity index (χ1n) is 7.91. The highest BCUT2D eigenvalue weighted by atomic mass is 79.9. The number of fused-ring (bicyclic) bond motifs is 2. The molecule has 0 saturated heterocycles. The molecule has 0 spiro atoms. The van der Waals surface area contributed by atoms with Gasteiger partial charge in [0.25, 0.3) is 0 Å². The molecule has 0 aliphatic rings. The van der Waals surface area contributed by atoms with Crippen LogP contribution in [0.15, 0.2) is 81.7 Å². The topological polar surface area (TPSA) is 52.6 Å². The van der Waals surface area contributed by atoms with Gasteiger partial charge in [0.1, 0.15) is 11.5 Å². The van der Waals surface area contributed by atoms with E-state index in [-0.39, 0.29) is 11.5 Å². The second kappa shape index (κ2) is 7.14. The van der Waals surface area contributed by atoms with E-state index in [1.165, 1.54) is 0 Å². The molecule has 0 heterocycles. The molecule has 0 fully saturated rings. The van der Waals surface area contributed by atoms with Crippen LogP contribution in [0.25, 0.3) is 21.5 Å². The first-order chi connectivity index (χ1) is 12.9. The summed E-state index contributed by atoms with van der Waals surface area (Å²) in [7, 11) is -4.26. The van der Waals surface area contributed by atoms with Crippen molar-refractivity contribution in [3.05, 3.63) is 81.7 Å². The van der Waals surface area contributed by atoms with Crippen LogP contribution in [-0.2, 0) is 10.4 Å². The van der Waals surface area contributed by atoms with Crippen LogP contribution in [0.1, 0.15) is 0 Å². The van der Waals surface area contributed by atoms with E-state index in [9.17, 15) is 8.42 Å². The Morgan fingerprint density at radius 1 is 0.556 bits per heavy atom. The van der Waals surface area contributed by atoms with Gasteiger partial charge in [0.15, 0.2) is 0 Å². The molecule has 0 aliphatic heterocycles. The highest BCUT2D eigenvalue weighted by Gasteiger charge is 2.16. The summed E-state index contributed by atoms with van der Waals surface area (Å²) in [5.41, 5.74) is 0. The lowest BCUT2D eigenvalue weighted by Crippen LogP contribution is -2.16. The fourth-order valence-corrected chi connectivity index (χ4v) is 4.22. The van der Waals surface area contributed by atoms with E-state index in [1.807, 2.05) is 36.4 Å². The van der Waals surface area contributed by atoms with Crippen LogP contribution in [-0.4, -0.2) is 8.42 Å². The van der Waals surface area contributed by atoms with Gasteiger partial charge in [-0.25, -0.2) is 0 Å². The van der Waals surface area contributed by atoms with E-state index in [0.717, 1.165) is 30.5 Å². The number of rotatable bonds is 4. The third kappa shape index (κ3) is 4.26. The Balaban J connectivity index is 1.58. The molecule has 4 rings (SSSR count). The van der Waals surface area contributed by atoms with Gasteiger partial charge in [-0.2, -0.15) is 0 Å². The largest absolute Gasteiger partial charge is 0.500 e. The second-order valence-corrected chi connectivity index (χ2v) is 8.86. The minimum atomic E-state index is -4.26. The summed E-state index contributed by atoms with van der Waals surface area (Å²) in [6.07, 6.45) is 0. The molecule has 7 heteroatoms. The molecule has 0 unspecified atom stereocenters. The average Bonchev–Trinajstić information content (AvgIpc) is 2.61. The van der Waals surface area contributed by atoms with Gasteiger partial charge in [0.2, 0.25) is 0 Å². The molecule has 4 aromatic carbocycles. The Morgan fingerprint density at radius 2 is 0.926 bits per heavy atom. The van der Waals surface area contributed by atoms with Gasteiger partial charge in [-0.3, -0.25) is 0 Å². The summed E-state index contributed by atoms with van der Waals surface area (Å²) in [6, 6.07) is 21.5. The average molecular weight is 508 g/mol. The fourth-order valence-electron chi connectivity index (χ4n) is 2.75. The van der Waals surface area contributed by atoms with E-state index in [0.29, 0.717) is 0 Å². The monoisotopic (exact) mass is 506 g/mol. The van der Waals surface area contributed by atoms with Crippen LogP contribution < -0.4 is 8.37 Å². The Bertz CT molecular complexity index is 1180. The molecule has 0 aromatic heterocycles. The smallest absolute Gasteiger partial charge is 0.353 e. The van der Waals surface area contributed by atoms with Gasteiger partial charge >= 0.3 is 10.4 Å². The second-order valence-electron chi connectivity index (χ2n) is 5.88. The van der Waals surface area contributed by atoms with Crippen molar-refractivity contribution in [3.63, 3.8) is 0 Å². The van der Waals surface area contributed by atoms with Crippen molar-refractivity contribution in [1.82, 2.24) is 0 Å². The van der Waals surface area contributed by atoms with Gasteiger partial charge in [0.05, 0.1) is 0 Å². The molecular formula is C20H12Br2O4S. The summed E-state index contributed by atoms with van der Waals surface area (Å²) in [5.74, 6) is 0.379. The van der Waals surface area contributed by atoms with Gasteiger partial charge in [-0.15, -0.1) is 8.42 Å². The fraction of sp³-hybridized carbons (Fsp3) is 0. The first-order valence-corrected chi connectivity index (χ1v) is 10.8. The summed E-state index contributed by atoms with van der Waals surface area (Å²) in [5, 5.41) is 3.66. The highest BCUT2D eigenvalue weighted by molar-refractivity contribution is 9.10. The minimum Gasteiger partial charge on any atom is -0.353 e. The molecule has 0 amide bonds. The molecule has 0 aliphatic carbocycles. The van der Waals surface area contributed by atoms with E-state index in [2.05, 4.69) is 31.9 Å². The van der Waals surface area contributed by atoms with Crippen LogP contribution in [0.4, 0.5) is 0 Å². The first kappa shape index (κ1) is 18.3. The molecule has 0 radical (unpaired) electrons. The Hall–Kier alpha value is -2.09. The standard InChI is InChI=1S/C20H12Br2O4S/c21-17-5-1-15-11-19(7-3-13(15)9-17)25-27(23,24)26-20-8-4-14-10-18(22)6-2-16(14)12-20/h1-12H. The molecule has 136 valence electrons. The van der Waals surface area contributed by atoms with Gasteiger partial charge in [-0.05, 0) is 70.1 Å². The quantitative estimate of drug-likeness (QED) is 0.329. The predicted molar refractivity (Wildman–Crippen MR) is 113 cm³/mol. The molecule has 0 N–H and O–H groups in total. The summed E-state index contributed by atoms with van der Waals surface area (Å²) in [6.45, 7) is 0. The van der Waals surface area contributed by atoms with E-state index in [4.69, 9.17) is 8.37 Å². The Kier molecular flexibility index (Phi) is 4.84. The maximum absolute atomic E-state index is 12.3. The maximum Gasteiger partial charge on any atom is 0.500 e. The number of benzene rings is 4. The lowest BCUT2D eigenvalue weighted by atomic mass is 10.1. The molecule has 0 bridgehead atoms. The van der Waals surface area contributed by atoms with Crippen molar-refractivity contribution in [2.45, 2.75) is 0 Å². The summed E-state index contributed by atoms with van der Waals surface area (Å²) in [4.78, 5) is 0. The van der Waals surface area contributed by atoms with Crippen LogP contribution >= 0.6 is 31.9 Å². The molecule has 4 aromatic rings. The highest BCUT2D eigenvalue weighted by Crippen LogP contribution is 2.27. The van der Waals surface area contributed by atoms with Crippen molar-refractivity contribution < 1.29 is 16.8 Å². The van der Waals surface area contributed by atoms with Crippen LogP contribution in [0.2, 0.25) is 0 Å². The zero-order chi connectivity index (χ0) is 19.0. The number of hydrogen-bond acceptors (Lipinski definition) is 4. The molecule has 0 saturated carbocycles. The third-order valence-corrected chi connectivity index (χ3v) is 5.72. The Labute approximate surface area is 173 Å². The van der Waals surface area contributed by atoms with Crippen molar-refractivity contribution in [2.75, 3.05) is 0 Å². The Morgan fingerprint density at radius 3 is 1.37 bits per heavy atom. The molecule has 0 atom stereocenters. The van der Waals surface area contributed by atoms with Crippen molar-refractivity contribution in [2.24, 2.45) is 0 Å². The number of halogens is 2. The van der Waals surface area contributed by atoms with Crippen molar-refractivity contribution >= 4 is 63.8 Å². The minimum absolute atomic E-state index is 0.189. The van der Waals surface area contributed by atoms with E-state index >= 15 is 0 Å². The van der Waals surface area contributed by atoms with E-state index in [1.54, 1.807) is 36.4 Å². The van der Waals surface area contributed by atoms with Gasteiger partial charge in [-0.1, -0.05) is 56.1 Å². The third-order valence-electron chi connectivity index (χ3n) is 3.94. The zero-order valence-corrected chi connectivity index (χ0v) is 17.7. The normalized spacial score (nSPS) is 11.6. The van der Waals surface area contributed by atoms with Crippen LogP contribution in [0.5, 0.6) is 11.5 Å². The number of hydrogen-bond donors (Lipinski definition) is 0.